The van der Waals surface area contributed by atoms with Gasteiger partial charge in [0.1, 0.15) is 0 Å². The fourth-order valence-corrected chi connectivity index (χ4v) is 4.22. The van der Waals surface area contributed by atoms with Gasteiger partial charge in [-0.25, -0.2) is 13.1 Å². The first kappa shape index (κ1) is 17.2. The van der Waals surface area contributed by atoms with Crippen LogP contribution >= 0.6 is 11.6 Å². The molecule has 2 atom stereocenters. The van der Waals surface area contributed by atoms with Crippen LogP contribution in [0.2, 0.25) is 5.02 Å². The Morgan fingerprint density at radius 1 is 1.50 bits per heavy atom. The Balaban J connectivity index is 2.22. The van der Waals surface area contributed by atoms with E-state index in [0.29, 0.717) is 30.7 Å². The van der Waals surface area contributed by atoms with Gasteiger partial charge in [0, 0.05) is 11.1 Å². The molecule has 0 aliphatic heterocycles. The zero-order chi connectivity index (χ0) is 16.4. The highest BCUT2D eigenvalue weighted by Gasteiger charge is 2.46. The lowest BCUT2D eigenvalue weighted by atomic mass is 9.80. The highest BCUT2D eigenvalue weighted by atomic mass is 35.5. The van der Waals surface area contributed by atoms with E-state index in [1.807, 2.05) is 18.2 Å². The second-order valence-corrected chi connectivity index (χ2v) is 8.12. The van der Waals surface area contributed by atoms with Crippen LogP contribution in [-0.2, 0) is 26.0 Å². The van der Waals surface area contributed by atoms with E-state index in [-0.39, 0.29) is 12.0 Å². The quantitative estimate of drug-likeness (QED) is 0.830. The molecule has 1 aromatic carbocycles. The van der Waals surface area contributed by atoms with Crippen molar-refractivity contribution in [3.63, 3.8) is 0 Å². The molecule has 1 fully saturated rings. The van der Waals surface area contributed by atoms with Crippen LogP contribution in [0.3, 0.4) is 0 Å². The van der Waals surface area contributed by atoms with Crippen LogP contribution in [0.1, 0.15) is 24.8 Å². The van der Waals surface area contributed by atoms with Crippen molar-refractivity contribution >= 4 is 27.6 Å². The van der Waals surface area contributed by atoms with Crippen molar-refractivity contribution in [2.24, 2.45) is 5.41 Å². The molecule has 0 bridgehead atoms. The van der Waals surface area contributed by atoms with Crippen LogP contribution in [0.15, 0.2) is 24.3 Å². The minimum absolute atomic E-state index is 0.242. The van der Waals surface area contributed by atoms with Crippen LogP contribution in [0, 0.1) is 5.41 Å². The lowest BCUT2D eigenvalue weighted by molar-refractivity contribution is -0.152. The molecule has 0 aromatic heterocycles. The number of methoxy groups -OCH3 is 1. The van der Waals surface area contributed by atoms with Gasteiger partial charge in [0.15, 0.2) is 0 Å². The van der Waals surface area contributed by atoms with Gasteiger partial charge in [-0.1, -0.05) is 23.7 Å². The van der Waals surface area contributed by atoms with E-state index < -0.39 is 15.4 Å². The summed E-state index contributed by atoms with van der Waals surface area (Å²) < 4.78 is 30.3. The Hall–Kier alpha value is -1.11. The minimum atomic E-state index is -3.29. The Morgan fingerprint density at radius 2 is 2.23 bits per heavy atom. The number of halogens is 1. The topological polar surface area (TPSA) is 72.5 Å². The van der Waals surface area contributed by atoms with E-state index in [2.05, 4.69) is 4.72 Å². The number of hydrogen-bond acceptors (Lipinski definition) is 4. The molecule has 0 saturated heterocycles. The lowest BCUT2D eigenvalue weighted by Gasteiger charge is -2.26. The van der Waals surface area contributed by atoms with Gasteiger partial charge in [0.05, 0.1) is 18.8 Å². The third kappa shape index (κ3) is 4.21. The molecule has 2 rings (SSSR count). The number of ether oxygens (including phenoxy) is 1. The Morgan fingerprint density at radius 3 is 2.82 bits per heavy atom. The average Bonchev–Trinajstić information content (AvgIpc) is 2.79. The molecule has 7 heteroatoms. The summed E-state index contributed by atoms with van der Waals surface area (Å²) in [7, 11) is -1.93. The molecular weight excluding hydrogens is 326 g/mol. The van der Waals surface area contributed by atoms with Gasteiger partial charge in [-0.05, 0) is 43.4 Å². The highest BCUT2D eigenvalue weighted by Crippen LogP contribution is 2.42. The first-order valence-electron chi connectivity index (χ1n) is 7.04. The van der Waals surface area contributed by atoms with Crippen LogP contribution in [0.25, 0.3) is 0 Å². The van der Waals surface area contributed by atoms with Crippen molar-refractivity contribution in [3.05, 3.63) is 34.9 Å². The summed E-state index contributed by atoms with van der Waals surface area (Å²) in [5.74, 6) is -0.301. The summed E-state index contributed by atoms with van der Waals surface area (Å²) >= 11 is 6.00. The zero-order valence-electron chi connectivity index (χ0n) is 12.6. The van der Waals surface area contributed by atoms with Gasteiger partial charge in [0.25, 0.3) is 0 Å². The zero-order valence-corrected chi connectivity index (χ0v) is 14.2. The van der Waals surface area contributed by atoms with Gasteiger partial charge in [-0.15, -0.1) is 0 Å². The fourth-order valence-electron chi connectivity index (χ4n) is 3.20. The summed E-state index contributed by atoms with van der Waals surface area (Å²) in [6, 6.07) is 7.10. The van der Waals surface area contributed by atoms with E-state index in [1.165, 1.54) is 7.11 Å². The monoisotopic (exact) mass is 345 g/mol. The van der Waals surface area contributed by atoms with Gasteiger partial charge in [-0.2, -0.15) is 0 Å². The number of carbonyl (C=O) groups is 1. The lowest BCUT2D eigenvalue weighted by Crippen LogP contribution is -2.37. The van der Waals surface area contributed by atoms with Gasteiger partial charge in [-0.3, -0.25) is 4.79 Å². The first-order valence-corrected chi connectivity index (χ1v) is 9.31. The van der Waals surface area contributed by atoms with Gasteiger partial charge >= 0.3 is 5.97 Å². The molecule has 1 N–H and O–H groups in total. The molecule has 122 valence electrons. The number of nitrogens with one attached hydrogen (secondary N) is 1. The van der Waals surface area contributed by atoms with Crippen LogP contribution in [0.5, 0.6) is 0 Å². The number of rotatable bonds is 5. The summed E-state index contributed by atoms with van der Waals surface area (Å²) in [4.78, 5) is 12.3. The molecule has 1 aliphatic rings. The Labute approximate surface area is 136 Å². The van der Waals surface area contributed by atoms with Crippen molar-refractivity contribution < 1.29 is 17.9 Å². The standard InChI is InChI=1S/C15H20ClNO4S/c1-21-14(18)15(9-11-4-3-5-12(16)8-11)7-6-13(10-15)17-22(2,19)20/h3-5,8,13,17H,6-7,9-10H2,1-2H3/t13-,15+/m0/s1. The van der Waals surface area contributed by atoms with Crippen molar-refractivity contribution in [2.75, 3.05) is 13.4 Å². The molecule has 5 nitrogen and oxygen atoms in total. The molecule has 22 heavy (non-hydrogen) atoms. The van der Waals surface area contributed by atoms with Crippen LogP contribution in [0.4, 0.5) is 0 Å². The smallest absolute Gasteiger partial charge is 0.312 e. The van der Waals surface area contributed by atoms with E-state index in [1.54, 1.807) is 6.07 Å². The normalized spacial score (nSPS) is 25.1. The maximum absolute atomic E-state index is 12.3. The van der Waals surface area contributed by atoms with Crippen molar-refractivity contribution in [3.8, 4) is 0 Å². The van der Waals surface area contributed by atoms with Crippen LogP contribution < -0.4 is 4.72 Å². The Kier molecular flexibility index (Phi) is 5.14. The number of hydrogen-bond donors (Lipinski definition) is 1. The third-order valence-corrected chi connectivity index (χ3v) is 5.04. The van der Waals surface area contributed by atoms with Crippen LogP contribution in [-0.4, -0.2) is 33.8 Å². The van der Waals surface area contributed by atoms with E-state index in [0.717, 1.165) is 11.8 Å². The molecule has 0 amide bonds. The van der Waals surface area contributed by atoms with E-state index in [4.69, 9.17) is 16.3 Å². The Bertz CT molecular complexity index is 661. The second kappa shape index (κ2) is 6.56. The molecule has 0 spiro atoms. The third-order valence-electron chi connectivity index (χ3n) is 4.04. The van der Waals surface area contributed by atoms with Gasteiger partial charge in [0.2, 0.25) is 10.0 Å². The molecular formula is C15H20ClNO4S. The first-order chi connectivity index (χ1) is 10.2. The summed E-state index contributed by atoms with van der Waals surface area (Å²) in [5, 5.41) is 0.612. The molecule has 0 radical (unpaired) electrons. The predicted molar refractivity (Wildman–Crippen MR) is 85.2 cm³/mol. The number of esters is 1. The largest absolute Gasteiger partial charge is 0.469 e. The SMILES string of the molecule is COC(=O)[C@@]1(Cc2cccc(Cl)c2)CC[C@H](NS(C)(=O)=O)C1. The predicted octanol–water partition coefficient (Wildman–Crippen LogP) is 2.14. The highest BCUT2D eigenvalue weighted by molar-refractivity contribution is 7.88. The molecule has 1 aliphatic carbocycles. The number of carbonyl (C=O) groups excluding carboxylic acids is 1. The molecule has 0 unspecified atom stereocenters. The maximum Gasteiger partial charge on any atom is 0.312 e. The number of benzene rings is 1. The minimum Gasteiger partial charge on any atom is -0.469 e. The van der Waals surface area contributed by atoms with Crippen molar-refractivity contribution in [2.45, 2.75) is 31.7 Å². The van der Waals surface area contributed by atoms with Gasteiger partial charge < -0.3 is 4.74 Å². The van der Waals surface area contributed by atoms with Crippen molar-refractivity contribution in [1.82, 2.24) is 4.72 Å². The fraction of sp³-hybridized carbons (Fsp3) is 0.533. The van der Waals surface area contributed by atoms with Crippen molar-refractivity contribution in [1.29, 1.82) is 0 Å². The summed E-state index contributed by atoms with van der Waals surface area (Å²) in [5.41, 5.74) is 0.236. The summed E-state index contributed by atoms with van der Waals surface area (Å²) in [6.07, 6.45) is 3.24. The summed E-state index contributed by atoms with van der Waals surface area (Å²) in [6.45, 7) is 0. The molecule has 1 aromatic rings. The average molecular weight is 346 g/mol. The van der Waals surface area contributed by atoms with E-state index >= 15 is 0 Å². The number of sulfonamides is 1. The molecule has 1 saturated carbocycles. The molecule has 0 heterocycles. The van der Waals surface area contributed by atoms with E-state index in [9.17, 15) is 13.2 Å². The maximum atomic E-state index is 12.3. The second-order valence-electron chi connectivity index (χ2n) is 5.91.